The molecule has 0 amide bonds. The fourth-order valence-electron chi connectivity index (χ4n) is 3.32. The maximum absolute atomic E-state index is 5.77. The van der Waals surface area contributed by atoms with Gasteiger partial charge in [0.15, 0.2) is 0 Å². The standard InChI is InChI=1S/C22H20O2/c1-22(2,3)18-12-11-15-16(19-9-5-13-23-19)7-4-8-17(15)21(18)20-10-6-14-24-20/h4-14H,1-3H3. The Labute approximate surface area is 141 Å². The Morgan fingerprint density at radius 3 is 2.00 bits per heavy atom. The van der Waals surface area contributed by atoms with Gasteiger partial charge in [0.25, 0.3) is 0 Å². The Morgan fingerprint density at radius 1 is 0.667 bits per heavy atom. The lowest BCUT2D eigenvalue weighted by Gasteiger charge is -2.24. The average Bonchev–Trinajstić information content (AvgIpc) is 3.25. The third-order valence-electron chi connectivity index (χ3n) is 4.42. The molecule has 2 aromatic heterocycles. The molecule has 0 N–H and O–H groups in total. The summed E-state index contributed by atoms with van der Waals surface area (Å²) in [4.78, 5) is 0. The fraction of sp³-hybridized carbons (Fsp3) is 0.182. The summed E-state index contributed by atoms with van der Waals surface area (Å²) in [6, 6.07) is 18.6. The maximum atomic E-state index is 5.77. The lowest BCUT2D eigenvalue weighted by Crippen LogP contribution is -2.12. The predicted molar refractivity (Wildman–Crippen MR) is 98.1 cm³/mol. The minimum atomic E-state index is 0.0248. The van der Waals surface area contributed by atoms with Gasteiger partial charge in [0.05, 0.1) is 12.5 Å². The highest BCUT2D eigenvalue weighted by Crippen LogP contribution is 2.41. The van der Waals surface area contributed by atoms with Crippen molar-refractivity contribution in [3.8, 4) is 22.6 Å². The summed E-state index contributed by atoms with van der Waals surface area (Å²) in [5.41, 5.74) is 3.57. The molecular formula is C22H20O2. The summed E-state index contributed by atoms with van der Waals surface area (Å²) in [6.07, 6.45) is 3.45. The highest BCUT2D eigenvalue weighted by atomic mass is 16.3. The van der Waals surface area contributed by atoms with E-state index in [1.807, 2.05) is 24.3 Å². The number of rotatable bonds is 2. The van der Waals surface area contributed by atoms with Crippen LogP contribution < -0.4 is 0 Å². The molecule has 0 atom stereocenters. The van der Waals surface area contributed by atoms with Crippen LogP contribution in [0.3, 0.4) is 0 Å². The highest BCUT2D eigenvalue weighted by molar-refractivity contribution is 6.04. The third kappa shape index (κ3) is 2.35. The molecule has 2 heterocycles. The van der Waals surface area contributed by atoms with Gasteiger partial charge in [0.1, 0.15) is 11.5 Å². The third-order valence-corrected chi connectivity index (χ3v) is 4.42. The minimum absolute atomic E-state index is 0.0248. The van der Waals surface area contributed by atoms with E-state index in [1.165, 1.54) is 21.9 Å². The van der Waals surface area contributed by atoms with Gasteiger partial charge in [-0.2, -0.15) is 0 Å². The molecule has 4 aromatic rings. The van der Waals surface area contributed by atoms with Crippen LogP contribution in [0.5, 0.6) is 0 Å². The monoisotopic (exact) mass is 316 g/mol. The first-order valence-corrected chi connectivity index (χ1v) is 8.20. The molecule has 0 spiro atoms. The maximum Gasteiger partial charge on any atom is 0.134 e. The van der Waals surface area contributed by atoms with E-state index in [9.17, 15) is 0 Å². The Morgan fingerprint density at radius 2 is 1.38 bits per heavy atom. The summed E-state index contributed by atoms with van der Waals surface area (Å²) >= 11 is 0. The number of hydrogen-bond donors (Lipinski definition) is 0. The summed E-state index contributed by atoms with van der Waals surface area (Å²) in [5.74, 6) is 1.79. The summed E-state index contributed by atoms with van der Waals surface area (Å²) in [7, 11) is 0. The zero-order valence-electron chi connectivity index (χ0n) is 14.2. The predicted octanol–water partition coefficient (Wildman–Crippen LogP) is 6.66. The number of benzene rings is 2. The molecule has 120 valence electrons. The van der Waals surface area contributed by atoms with Crippen molar-refractivity contribution in [1.82, 2.24) is 0 Å². The summed E-state index contributed by atoms with van der Waals surface area (Å²) < 4.78 is 11.4. The Bertz CT molecular complexity index is 969. The van der Waals surface area contributed by atoms with Crippen molar-refractivity contribution in [3.63, 3.8) is 0 Å². The van der Waals surface area contributed by atoms with Gasteiger partial charge < -0.3 is 8.83 Å². The molecule has 2 nitrogen and oxygen atoms in total. The second kappa shape index (κ2) is 5.41. The van der Waals surface area contributed by atoms with Crippen molar-refractivity contribution in [2.45, 2.75) is 26.2 Å². The zero-order valence-corrected chi connectivity index (χ0v) is 14.2. The molecule has 0 saturated carbocycles. The molecule has 24 heavy (non-hydrogen) atoms. The van der Waals surface area contributed by atoms with Gasteiger partial charge in [-0.25, -0.2) is 0 Å². The van der Waals surface area contributed by atoms with E-state index in [2.05, 4.69) is 51.1 Å². The Kier molecular flexibility index (Phi) is 3.34. The van der Waals surface area contributed by atoms with Gasteiger partial charge in [0.2, 0.25) is 0 Å². The van der Waals surface area contributed by atoms with Gasteiger partial charge in [-0.1, -0.05) is 51.1 Å². The van der Waals surface area contributed by atoms with Crippen LogP contribution in [0, 0.1) is 0 Å². The first kappa shape index (κ1) is 14.8. The van der Waals surface area contributed by atoms with Gasteiger partial charge in [0, 0.05) is 11.1 Å². The van der Waals surface area contributed by atoms with Crippen LogP contribution in [-0.4, -0.2) is 0 Å². The van der Waals surface area contributed by atoms with Gasteiger partial charge in [-0.15, -0.1) is 0 Å². The lowest BCUT2D eigenvalue weighted by molar-refractivity contribution is 0.567. The molecule has 0 bridgehead atoms. The summed E-state index contributed by atoms with van der Waals surface area (Å²) in [5, 5.41) is 2.36. The van der Waals surface area contributed by atoms with Crippen LogP contribution in [0.25, 0.3) is 33.4 Å². The van der Waals surface area contributed by atoms with Crippen LogP contribution >= 0.6 is 0 Å². The minimum Gasteiger partial charge on any atom is -0.464 e. The molecular weight excluding hydrogens is 296 g/mol. The molecule has 4 rings (SSSR count). The fourth-order valence-corrected chi connectivity index (χ4v) is 3.32. The molecule has 0 fully saturated rings. The van der Waals surface area contributed by atoms with E-state index >= 15 is 0 Å². The quantitative estimate of drug-likeness (QED) is 0.413. The largest absolute Gasteiger partial charge is 0.464 e. The van der Waals surface area contributed by atoms with Gasteiger partial charge in [-0.05, 0) is 46.0 Å². The summed E-state index contributed by atoms with van der Waals surface area (Å²) in [6.45, 7) is 6.70. The molecule has 0 saturated heterocycles. The molecule has 0 aliphatic heterocycles. The second-order valence-corrected chi connectivity index (χ2v) is 7.09. The molecule has 0 aliphatic rings. The van der Waals surface area contributed by atoms with E-state index in [1.54, 1.807) is 12.5 Å². The van der Waals surface area contributed by atoms with Crippen molar-refractivity contribution in [2.24, 2.45) is 0 Å². The van der Waals surface area contributed by atoms with Crippen molar-refractivity contribution in [3.05, 3.63) is 72.7 Å². The molecule has 0 radical (unpaired) electrons. The van der Waals surface area contributed by atoms with E-state index < -0.39 is 0 Å². The first-order valence-electron chi connectivity index (χ1n) is 8.20. The number of hydrogen-bond acceptors (Lipinski definition) is 2. The number of furan rings is 2. The van der Waals surface area contributed by atoms with E-state index in [0.717, 1.165) is 17.1 Å². The Balaban J connectivity index is 2.10. The van der Waals surface area contributed by atoms with Crippen LogP contribution in [-0.2, 0) is 5.41 Å². The first-order chi connectivity index (χ1) is 11.6. The van der Waals surface area contributed by atoms with E-state index in [-0.39, 0.29) is 5.41 Å². The Hall–Kier alpha value is -2.74. The van der Waals surface area contributed by atoms with E-state index in [0.29, 0.717) is 0 Å². The molecule has 2 aromatic carbocycles. The van der Waals surface area contributed by atoms with Gasteiger partial charge in [-0.3, -0.25) is 0 Å². The van der Waals surface area contributed by atoms with Gasteiger partial charge >= 0.3 is 0 Å². The van der Waals surface area contributed by atoms with Crippen LogP contribution in [0.15, 0.2) is 76.0 Å². The van der Waals surface area contributed by atoms with Crippen molar-refractivity contribution >= 4 is 10.8 Å². The second-order valence-electron chi connectivity index (χ2n) is 7.09. The highest BCUT2D eigenvalue weighted by Gasteiger charge is 2.23. The average molecular weight is 316 g/mol. The molecule has 0 unspecified atom stereocenters. The van der Waals surface area contributed by atoms with Crippen LogP contribution in [0.2, 0.25) is 0 Å². The normalized spacial score (nSPS) is 12.0. The van der Waals surface area contributed by atoms with Crippen LogP contribution in [0.4, 0.5) is 0 Å². The topological polar surface area (TPSA) is 26.3 Å². The van der Waals surface area contributed by atoms with Crippen molar-refractivity contribution < 1.29 is 8.83 Å². The lowest BCUT2D eigenvalue weighted by atomic mass is 9.80. The zero-order chi connectivity index (χ0) is 16.7. The van der Waals surface area contributed by atoms with Crippen LogP contribution in [0.1, 0.15) is 26.3 Å². The number of fused-ring (bicyclic) bond motifs is 1. The SMILES string of the molecule is CC(C)(C)c1ccc2c(-c3ccco3)cccc2c1-c1ccco1. The van der Waals surface area contributed by atoms with E-state index in [4.69, 9.17) is 8.83 Å². The van der Waals surface area contributed by atoms with Crippen molar-refractivity contribution in [1.29, 1.82) is 0 Å². The molecule has 0 aliphatic carbocycles. The smallest absolute Gasteiger partial charge is 0.134 e. The molecule has 2 heteroatoms. The van der Waals surface area contributed by atoms with Crippen molar-refractivity contribution in [2.75, 3.05) is 0 Å².